The summed E-state index contributed by atoms with van der Waals surface area (Å²) < 4.78 is 35.0. The monoisotopic (exact) mass is 366 g/mol. The molecule has 3 saturated carbocycles. The molecule has 5 rings (SSSR count). The Morgan fingerprint density at radius 3 is 2.48 bits per heavy atom. The van der Waals surface area contributed by atoms with Crippen molar-refractivity contribution in [3.8, 4) is 0 Å². The molecule has 0 radical (unpaired) electrons. The lowest BCUT2D eigenvalue weighted by molar-refractivity contribution is 0.0992. The van der Waals surface area contributed by atoms with Crippen LogP contribution in [0.1, 0.15) is 55.8 Å². The number of hydrogen-bond donors (Lipinski definition) is 0. The van der Waals surface area contributed by atoms with Gasteiger partial charge >= 0.3 is 0 Å². The van der Waals surface area contributed by atoms with Crippen molar-refractivity contribution in [3.63, 3.8) is 0 Å². The lowest BCUT2D eigenvalue weighted by atomic mass is 10.0. The second-order valence-corrected chi connectivity index (χ2v) is 10.5. The van der Waals surface area contributed by atoms with Crippen molar-refractivity contribution in [1.82, 2.24) is 19.3 Å². The van der Waals surface area contributed by atoms with E-state index in [1.54, 1.807) is 4.31 Å². The van der Waals surface area contributed by atoms with Crippen LogP contribution in [0.25, 0.3) is 0 Å². The van der Waals surface area contributed by atoms with E-state index < -0.39 is 10.0 Å². The van der Waals surface area contributed by atoms with Crippen molar-refractivity contribution < 1.29 is 13.2 Å². The minimum absolute atomic E-state index is 0.0461. The Bertz CT molecular complexity index is 750. The Morgan fingerprint density at radius 1 is 1.04 bits per heavy atom. The molecule has 0 saturated heterocycles. The zero-order valence-electron chi connectivity index (χ0n) is 14.5. The predicted molar refractivity (Wildman–Crippen MR) is 91.4 cm³/mol. The Balaban J connectivity index is 1.38. The molecule has 25 heavy (non-hydrogen) atoms. The van der Waals surface area contributed by atoms with E-state index in [2.05, 4.69) is 10.3 Å². The van der Waals surface area contributed by atoms with Crippen LogP contribution in [0.2, 0.25) is 0 Å². The summed E-state index contributed by atoms with van der Waals surface area (Å²) in [4.78, 5) is 0. The third kappa shape index (κ3) is 3.36. The van der Waals surface area contributed by atoms with Gasteiger partial charge in [-0.05, 0) is 50.4 Å². The molecule has 8 heteroatoms. The lowest BCUT2D eigenvalue weighted by Gasteiger charge is -2.31. The molecule has 1 aliphatic heterocycles. The predicted octanol–water partition coefficient (Wildman–Crippen LogP) is 1.51. The van der Waals surface area contributed by atoms with Crippen LogP contribution >= 0.6 is 0 Å². The molecule has 0 spiro atoms. The molecule has 3 fully saturated rings. The molecule has 3 aliphatic carbocycles. The van der Waals surface area contributed by atoms with Crippen LogP contribution in [0.4, 0.5) is 0 Å². The number of fused-ring (bicyclic) bond motifs is 1. The molecule has 2 heterocycles. The van der Waals surface area contributed by atoms with E-state index in [1.165, 1.54) is 25.7 Å². The van der Waals surface area contributed by atoms with E-state index in [9.17, 15) is 8.42 Å². The molecule has 138 valence electrons. The van der Waals surface area contributed by atoms with Crippen LogP contribution in [0, 0.1) is 11.8 Å². The van der Waals surface area contributed by atoms with E-state index in [1.807, 2.05) is 4.68 Å². The van der Waals surface area contributed by atoms with Gasteiger partial charge in [0.05, 0.1) is 24.1 Å². The summed E-state index contributed by atoms with van der Waals surface area (Å²) in [5, 5.41) is 8.51. The highest BCUT2D eigenvalue weighted by Crippen LogP contribution is 2.38. The largest absolute Gasteiger partial charge is 0.380 e. The van der Waals surface area contributed by atoms with Gasteiger partial charge in [0.15, 0.2) is 0 Å². The van der Waals surface area contributed by atoms with Gasteiger partial charge in [0, 0.05) is 25.6 Å². The third-order valence-electron chi connectivity index (χ3n) is 5.79. The fourth-order valence-corrected chi connectivity index (χ4v) is 5.57. The molecule has 0 aromatic carbocycles. The van der Waals surface area contributed by atoms with Crippen molar-refractivity contribution in [1.29, 1.82) is 0 Å². The zero-order chi connectivity index (χ0) is 17.0. The number of ether oxygens (including phenoxy) is 1. The van der Waals surface area contributed by atoms with Gasteiger partial charge in [-0.1, -0.05) is 5.21 Å². The van der Waals surface area contributed by atoms with Crippen molar-refractivity contribution in [3.05, 3.63) is 11.4 Å². The third-order valence-corrected chi connectivity index (χ3v) is 8.10. The molecule has 1 aromatic rings. The van der Waals surface area contributed by atoms with E-state index in [-0.39, 0.29) is 11.2 Å². The Kier molecular flexibility index (Phi) is 3.91. The van der Waals surface area contributed by atoms with Gasteiger partial charge in [-0.25, -0.2) is 13.1 Å². The minimum atomic E-state index is -3.19. The standard InChI is InChI=1S/C17H26N4O3S/c22-25(23,15-5-6-15)20-8-14(11-24-10-13-3-4-13)17-16(9-20)18-19-21(17)7-12-1-2-12/h12-15H,1-11H2. The van der Waals surface area contributed by atoms with Crippen LogP contribution in [0.15, 0.2) is 0 Å². The van der Waals surface area contributed by atoms with Crippen molar-refractivity contribution >= 4 is 10.0 Å². The van der Waals surface area contributed by atoms with Crippen LogP contribution in [0.3, 0.4) is 0 Å². The SMILES string of the molecule is O=S(=O)(C1CC1)N1Cc2nnn(CC3CC3)c2C(COCC2CC2)C1. The maximum atomic E-state index is 12.7. The molecule has 1 unspecified atom stereocenters. The summed E-state index contributed by atoms with van der Waals surface area (Å²) >= 11 is 0. The lowest BCUT2D eigenvalue weighted by Crippen LogP contribution is -2.42. The van der Waals surface area contributed by atoms with Crippen molar-refractivity contribution in [2.24, 2.45) is 11.8 Å². The van der Waals surface area contributed by atoms with Crippen molar-refractivity contribution in [2.75, 3.05) is 19.8 Å². The molecule has 4 aliphatic rings. The summed E-state index contributed by atoms with van der Waals surface area (Å²) in [6, 6.07) is 0. The van der Waals surface area contributed by atoms with E-state index in [0.29, 0.717) is 31.5 Å². The smallest absolute Gasteiger partial charge is 0.217 e. The Morgan fingerprint density at radius 2 is 1.80 bits per heavy atom. The first-order valence-corrected chi connectivity index (χ1v) is 11.1. The molecular formula is C17H26N4O3S. The fraction of sp³-hybridized carbons (Fsp3) is 0.882. The van der Waals surface area contributed by atoms with Gasteiger partial charge in [0.25, 0.3) is 0 Å². The van der Waals surface area contributed by atoms with E-state index in [0.717, 1.165) is 37.4 Å². The zero-order valence-corrected chi connectivity index (χ0v) is 15.3. The summed E-state index contributed by atoms with van der Waals surface area (Å²) in [7, 11) is -3.19. The second kappa shape index (κ2) is 6.03. The molecule has 0 N–H and O–H groups in total. The van der Waals surface area contributed by atoms with E-state index >= 15 is 0 Å². The number of rotatable bonds is 8. The van der Waals surface area contributed by atoms with Crippen LogP contribution in [0.5, 0.6) is 0 Å². The highest BCUT2D eigenvalue weighted by Gasteiger charge is 2.44. The first kappa shape index (κ1) is 16.2. The number of aromatic nitrogens is 3. The molecule has 7 nitrogen and oxygen atoms in total. The topological polar surface area (TPSA) is 77.3 Å². The Labute approximate surface area is 148 Å². The van der Waals surface area contributed by atoms with Gasteiger partial charge in [-0.2, -0.15) is 4.31 Å². The first-order valence-electron chi connectivity index (χ1n) is 9.60. The van der Waals surface area contributed by atoms with Gasteiger partial charge in [-0.15, -0.1) is 5.10 Å². The molecule has 1 atom stereocenters. The van der Waals surface area contributed by atoms with Gasteiger partial charge in [-0.3, -0.25) is 0 Å². The quantitative estimate of drug-likeness (QED) is 0.697. The second-order valence-electron chi connectivity index (χ2n) is 8.26. The maximum absolute atomic E-state index is 12.7. The molecular weight excluding hydrogens is 340 g/mol. The van der Waals surface area contributed by atoms with Gasteiger partial charge in [0.2, 0.25) is 10.0 Å². The minimum Gasteiger partial charge on any atom is -0.380 e. The summed E-state index contributed by atoms with van der Waals surface area (Å²) in [6.45, 7) is 3.16. The Hall–Kier alpha value is -0.990. The normalized spacial score (nSPS) is 27.4. The maximum Gasteiger partial charge on any atom is 0.217 e. The molecule has 0 amide bonds. The molecule has 0 bridgehead atoms. The van der Waals surface area contributed by atoms with Gasteiger partial charge < -0.3 is 4.74 Å². The highest BCUT2D eigenvalue weighted by atomic mass is 32.2. The van der Waals surface area contributed by atoms with Crippen molar-refractivity contribution in [2.45, 2.75) is 62.8 Å². The average Bonchev–Trinajstić information content (AvgIpc) is 3.43. The summed E-state index contributed by atoms with van der Waals surface area (Å²) in [5.41, 5.74) is 1.95. The van der Waals surface area contributed by atoms with Crippen LogP contribution in [-0.2, 0) is 27.8 Å². The summed E-state index contributed by atoms with van der Waals surface area (Å²) in [6.07, 6.45) is 6.64. The van der Waals surface area contributed by atoms with Crippen LogP contribution in [-0.4, -0.2) is 52.7 Å². The number of nitrogens with zero attached hydrogens (tertiary/aromatic N) is 4. The fourth-order valence-electron chi connectivity index (χ4n) is 3.72. The molecule has 1 aromatic heterocycles. The summed E-state index contributed by atoms with van der Waals surface area (Å²) in [5.74, 6) is 1.47. The number of sulfonamides is 1. The van der Waals surface area contributed by atoms with Crippen LogP contribution < -0.4 is 0 Å². The van der Waals surface area contributed by atoms with Gasteiger partial charge in [0.1, 0.15) is 5.69 Å². The highest BCUT2D eigenvalue weighted by molar-refractivity contribution is 7.90. The number of hydrogen-bond acceptors (Lipinski definition) is 5. The first-order chi connectivity index (χ1) is 12.1. The van der Waals surface area contributed by atoms with E-state index in [4.69, 9.17) is 4.74 Å². The average molecular weight is 366 g/mol.